The first-order valence-corrected chi connectivity index (χ1v) is 8.10. The lowest BCUT2D eigenvalue weighted by Gasteiger charge is -2.11. The highest BCUT2D eigenvalue weighted by molar-refractivity contribution is 7.90. The summed E-state index contributed by atoms with van der Waals surface area (Å²) in [5.41, 5.74) is 6.67. The fraction of sp³-hybridized carbons (Fsp3) is 0.385. The molecule has 1 rings (SSSR count). The molecule has 0 saturated carbocycles. The van der Waals surface area contributed by atoms with Gasteiger partial charge in [-0.15, -0.1) is 0 Å². The lowest BCUT2D eigenvalue weighted by Crippen LogP contribution is -2.37. The van der Waals surface area contributed by atoms with Gasteiger partial charge < -0.3 is 11.1 Å². The Balaban J connectivity index is 2.59. The maximum Gasteiger partial charge on any atom is 0.241 e. The monoisotopic (exact) mass is 298 g/mol. The van der Waals surface area contributed by atoms with Crippen molar-refractivity contribution in [3.8, 4) is 0 Å². The van der Waals surface area contributed by atoms with Gasteiger partial charge >= 0.3 is 0 Å². The van der Waals surface area contributed by atoms with Crippen molar-refractivity contribution in [1.29, 1.82) is 0 Å². The summed E-state index contributed by atoms with van der Waals surface area (Å²) in [5.74, 6) is -0.651. The SMILES string of the molecule is CC(=O)c1ccc(NC(=O)C(N)CCS(C)(=O)=O)cc1. The molecule has 0 aliphatic rings. The van der Waals surface area contributed by atoms with Crippen LogP contribution in [0.5, 0.6) is 0 Å². The van der Waals surface area contributed by atoms with Gasteiger partial charge in [-0.2, -0.15) is 0 Å². The molecule has 20 heavy (non-hydrogen) atoms. The molecule has 1 unspecified atom stereocenters. The number of Topliss-reactive ketones (excluding diaryl/α,β-unsaturated/α-hetero) is 1. The standard InChI is InChI=1S/C13H18N2O4S/c1-9(16)10-3-5-11(6-4-10)15-13(17)12(14)7-8-20(2,18)19/h3-6,12H,7-8,14H2,1-2H3,(H,15,17). The fourth-order valence-electron chi connectivity index (χ4n) is 1.50. The van der Waals surface area contributed by atoms with Crippen LogP contribution in [-0.2, 0) is 14.6 Å². The smallest absolute Gasteiger partial charge is 0.241 e. The number of rotatable bonds is 6. The van der Waals surface area contributed by atoms with E-state index in [1.165, 1.54) is 6.92 Å². The van der Waals surface area contributed by atoms with Gasteiger partial charge in [0.25, 0.3) is 0 Å². The van der Waals surface area contributed by atoms with Crippen LogP contribution < -0.4 is 11.1 Å². The van der Waals surface area contributed by atoms with Gasteiger partial charge in [0.1, 0.15) is 9.84 Å². The third kappa shape index (κ3) is 5.50. The van der Waals surface area contributed by atoms with Crippen LogP contribution in [0.1, 0.15) is 23.7 Å². The summed E-state index contributed by atoms with van der Waals surface area (Å²) < 4.78 is 22.0. The molecule has 110 valence electrons. The maximum absolute atomic E-state index is 11.8. The van der Waals surface area contributed by atoms with Crippen LogP contribution >= 0.6 is 0 Å². The number of amides is 1. The van der Waals surface area contributed by atoms with Crippen LogP contribution in [0.3, 0.4) is 0 Å². The first-order chi connectivity index (χ1) is 9.19. The molecule has 0 spiro atoms. The minimum absolute atomic E-state index is 0.0623. The van der Waals surface area contributed by atoms with Gasteiger partial charge in [-0.1, -0.05) is 0 Å². The molecule has 0 heterocycles. The van der Waals surface area contributed by atoms with Gasteiger partial charge in [0.2, 0.25) is 5.91 Å². The fourth-order valence-corrected chi connectivity index (χ4v) is 2.18. The average Bonchev–Trinajstić information content (AvgIpc) is 2.35. The Hall–Kier alpha value is -1.73. The number of sulfone groups is 1. The topological polar surface area (TPSA) is 106 Å². The van der Waals surface area contributed by atoms with Gasteiger partial charge in [-0.3, -0.25) is 9.59 Å². The number of nitrogens with two attached hydrogens (primary N) is 1. The van der Waals surface area contributed by atoms with E-state index in [0.717, 1.165) is 6.26 Å². The van der Waals surface area contributed by atoms with E-state index in [-0.39, 0.29) is 18.0 Å². The average molecular weight is 298 g/mol. The van der Waals surface area contributed by atoms with Crippen molar-refractivity contribution in [3.63, 3.8) is 0 Å². The number of carbonyl (C=O) groups excluding carboxylic acids is 2. The van der Waals surface area contributed by atoms with Crippen molar-refractivity contribution in [2.24, 2.45) is 5.73 Å². The van der Waals surface area contributed by atoms with Crippen molar-refractivity contribution in [3.05, 3.63) is 29.8 Å². The van der Waals surface area contributed by atoms with Gasteiger partial charge in [-0.05, 0) is 37.6 Å². The summed E-state index contributed by atoms with van der Waals surface area (Å²) in [4.78, 5) is 22.9. The summed E-state index contributed by atoms with van der Waals surface area (Å²) >= 11 is 0. The van der Waals surface area contributed by atoms with Crippen molar-refractivity contribution >= 4 is 27.2 Å². The predicted octanol–water partition coefficient (Wildman–Crippen LogP) is 0.590. The predicted molar refractivity (Wildman–Crippen MR) is 77.4 cm³/mol. The summed E-state index contributed by atoms with van der Waals surface area (Å²) in [6.45, 7) is 1.45. The number of ketones is 1. The molecule has 6 nitrogen and oxygen atoms in total. The molecule has 0 aliphatic carbocycles. The summed E-state index contributed by atoms with van der Waals surface area (Å²) in [6.07, 6.45) is 1.16. The molecule has 0 aromatic heterocycles. The van der Waals surface area contributed by atoms with Gasteiger partial charge in [0.15, 0.2) is 5.78 Å². The van der Waals surface area contributed by atoms with Gasteiger partial charge in [0, 0.05) is 17.5 Å². The number of benzene rings is 1. The summed E-state index contributed by atoms with van der Waals surface area (Å²) in [7, 11) is -3.14. The summed E-state index contributed by atoms with van der Waals surface area (Å²) in [6, 6.07) is 5.49. The first-order valence-electron chi connectivity index (χ1n) is 6.04. The van der Waals surface area contributed by atoms with E-state index in [2.05, 4.69) is 5.32 Å². The number of nitrogens with one attached hydrogen (secondary N) is 1. The Labute approximate surface area is 118 Å². The molecule has 1 aromatic rings. The second-order valence-electron chi connectivity index (χ2n) is 4.65. The van der Waals surface area contributed by atoms with E-state index in [0.29, 0.717) is 11.3 Å². The Morgan fingerprint density at radius 1 is 1.25 bits per heavy atom. The first kappa shape index (κ1) is 16.3. The van der Waals surface area contributed by atoms with Crippen molar-refractivity contribution in [2.45, 2.75) is 19.4 Å². The Bertz CT molecular complexity index is 593. The second kappa shape index (κ2) is 6.62. The molecule has 1 amide bonds. The van der Waals surface area contributed by atoms with Crippen LogP contribution in [0.15, 0.2) is 24.3 Å². The van der Waals surface area contributed by atoms with Crippen molar-refractivity contribution < 1.29 is 18.0 Å². The molecule has 1 atom stereocenters. The normalized spacial score (nSPS) is 12.8. The number of hydrogen-bond acceptors (Lipinski definition) is 5. The molecule has 0 radical (unpaired) electrons. The van der Waals surface area contributed by atoms with E-state index >= 15 is 0 Å². The van der Waals surface area contributed by atoms with E-state index < -0.39 is 21.8 Å². The molecule has 0 bridgehead atoms. The molecule has 0 saturated heterocycles. The Kier molecular flexibility index (Phi) is 5.41. The highest BCUT2D eigenvalue weighted by atomic mass is 32.2. The quantitative estimate of drug-likeness (QED) is 0.748. The van der Waals surface area contributed by atoms with Crippen LogP contribution in [0.25, 0.3) is 0 Å². The van der Waals surface area contributed by atoms with E-state index in [9.17, 15) is 18.0 Å². The molecule has 0 fully saturated rings. The van der Waals surface area contributed by atoms with Crippen LogP contribution in [0.4, 0.5) is 5.69 Å². The third-order valence-electron chi connectivity index (χ3n) is 2.70. The van der Waals surface area contributed by atoms with Crippen LogP contribution in [-0.4, -0.2) is 38.2 Å². The van der Waals surface area contributed by atoms with Gasteiger partial charge in [0.05, 0.1) is 11.8 Å². The lowest BCUT2D eigenvalue weighted by atomic mass is 10.1. The van der Waals surface area contributed by atoms with E-state index in [1.807, 2.05) is 0 Å². The van der Waals surface area contributed by atoms with E-state index in [1.54, 1.807) is 24.3 Å². The van der Waals surface area contributed by atoms with Crippen molar-refractivity contribution in [2.75, 3.05) is 17.3 Å². The van der Waals surface area contributed by atoms with E-state index in [4.69, 9.17) is 5.73 Å². The second-order valence-corrected chi connectivity index (χ2v) is 6.91. The third-order valence-corrected chi connectivity index (χ3v) is 3.67. The minimum Gasteiger partial charge on any atom is -0.325 e. The highest BCUT2D eigenvalue weighted by Gasteiger charge is 2.16. The van der Waals surface area contributed by atoms with Gasteiger partial charge in [-0.25, -0.2) is 8.42 Å². The maximum atomic E-state index is 11.8. The number of anilines is 1. The molecular formula is C13H18N2O4S. The molecule has 1 aromatic carbocycles. The Morgan fingerprint density at radius 2 is 1.80 bits per heavy atom. The van der Waals surface area contributed by atoms with Crippen LogP contribution in [0, 0.1) is 0 Å². The molecular weight excluding hydrogens is 280 g/mol. The van der Waals surface area contributed by atoms with Crippen LogP contribution in [0.2, 0.25) is 0 Å². The Morgan fingerprint density at radius 3 is 2.25 bits per heavy atom. The summed E-state index contributed by atoms with van der Waals surface area (Å²) in [5, 5.41) is 2.57. The molecule has 7 heteroatoms. The largest absolute Gasteiger partial charge is 0.325 e. The molecule has 0 aliphatic heterocycles. The number of hydrogen-bond donors (Lipinski definition) is 2. The zero-order valence-corrected chi connectivity index (χ0v) is 12.2. The van der Waals surface area contributed by atoms with Crippen molar-refractivity contribution in [1.82, 2.24) is 0 Å². The lowest BCUT2D eigenvalue weighted by molar-refractivity contribution is -0.117. The minimum atomic E-state index is -3.14. The highest BCUT2D eigenvalue weighted by Crippen LogP contribution is 2.10. The number of carbonyl (C=O) groups is 2. The molecule has 3 N–H and O–H groups in total. The zero-order chi connectivity index (χ0) is 15.3. The zero-order valence-electron chi connectivity index (χ0n) is 11.4.